The van der Waals surface area contributed by atoms with Gasteiger partial charge in [0.1, 0.15) is 5.00 Å². The summed E-state index contributed by atoms with van der Waals surface area (Å²) in [7, 11) is 0. The Kier molecular flexibility index (Phi) is 6.20. The molecule has 0 aliphatic carbocycles. The molecule has 0 saturated heterocycles. The van der Waals surface area contributed by atoms with Gasteiger partial charge in [-0.15, -0.1) is 5.10 Å². The third-order valence-electron chi connectivity index (χ3n) is 1.70. The van der Waals surface area contributed by atoms with Crippen LogP contribution in [0.1, 0.15) is 0 Å². The first-order chi connectivity index (χ1) is 9.47. The molecule has 0 saturated carbocycles. The highest BCUT2D eigenvalue weighted by atomic mass is 35.5. The number of rotatable bonds is 2. The zero-order chi connectivity index (χ0) is 15.0. The number of nitrogens with one attached hydrogen (secondary N) is 2. The minimum Gasteiger partial charge on any atom is -0.352 e. The molecule has 0 aliphatic rings. The molecule has 1 aromatic heterocycles. The van der Waals surface area contributed by atoms with Crippen molar-refractivity contribution < 1.29 is 9.59 Å². The van der Waals surface area contributed by atoms with Crippen molar-refractivity contribution in [2.75, 3.05) is 10.6 Å². The van der Waals surface area contributed by atoms with Gasteiger partial charge in [-0.25, -0.2) is 9.59 Å². The van der Waals surface area contributed by atoms with E-state index < -0.39 is 6.03 Å². The van der Waals surface area contributed by atoms with Crippen molar-refractivity contribution in [2.45, 2.75) is 0 Å². The van der Waals surface area contributed by atoms with Crippen LogP contribution in [-0.4, -0.2) is 21.6 Å². The number of primary amides is 2. The van der Waals surface area contributed by atoms with Crippen LogP contribution in [-0.2, 0) is 0 Å². The second-order valence-corrected chi connectivity index (χ2v) is 4.49. The molecular weight excluding hydrogens is 304 g/mol. The molecule has 106 valence electrons. The Labute approximate surface area is 123 Å². The van der Waals surface area contributed by atoms with Crippen LogP contribution in [0.4, 0.5) is 20.3 Å². The van der Waals surface area contributed by atoms with Gasteiger partial charge in [0.2, 0.25) is 0 Å². The van der Waals surface area contributed by atoms with Crippen LogP contribution < -0.4 is 22.1 Å². The largest absolute Gasteiger partial charge is 0.352 e. The summed E-state index contributed by atoms with van der Waals surface area (Å²) in [5.41, 5.74) is 9.17. The number of benzene rings is 1. The average molecular weight is 315 g/mol. The van der Waals surface area contributed by atoms with Gasteiger partial charge in [0.25, 0.3) is 0 Å². The lowest BCUT2D eigenvalue weighted by atomic mass is 10.3. The molecule has 1 heterocycles. The van der Waals surface area contributed by atoms with Gasteiger partial charge in [0.05, 0.1) is 6.20 Å². The summed E-state index contributed by atoms with van der Waals surface area (Å²) in [5.74, 6) is 0. The second kappa shape index (κ2) is 7.92. The summed E-state index contributed by atoms with van der Waals surface area (Å²) in [4.78, 5) is 20.5. The van der Waals surface area contributed by atoms with Crippen LogP contribution in [0.2, 0.25) is 5.02 Å². The number of nitrogens with two attached hydrogens (primary N) is 2. The van der Waals surface area contributed by atoms with Crippen LogP contribution >= 0.6 is 23.1 Å². The summed E-state index contributed by atoms with van der Waals surface area (Å²) in [6, 6.07) is 5.66. The molecule has 20 heavy (non-hydrogen) atoms. The predicted molar refractivity (Wildman–Crippen MR) is 77.8 cm³/mol. The number of hydrogen-bond donors (Lipinski definition) is 4. The van der Waals surface area contributed by atoms with Gasteiger partial charge >= 0.3 is 12.1 Å². The highest BCUT2D eigenvalue weighted by Gasteiger charge is 2.03. The minimum absolute atomic E-state index is 0.339. The summed E-state index contributed by atoms with van der Waals surface area (Å²) >= 11 is 6.83. The summed E-state index contributed by atoms with van der Waals surface area (Å²) in [5, 5.41) is 10.1. The quantitative estimate of drug-likeness (QED) is 0.672. The van der Waals surface area contributed by atoms with E-state index in [0.717, 1.165) is 11.5 Å². The van der Waals surface area contributed by atoms with Crippen molar-refractivity contribution >= 4 is 45.9 Å². The SMILES string of the molecule is NC(N)=O.O=C(Nc1ccc(Cl)cc1)Nc1cnns1. The Morgan fingerprint density at radius 1 is 1.15 bits per heavy atom. The van der Waals surface area contributed by atoms with E-state index in [4.69, 9.17) is 16.4 Å². The lowest BCUT2D eigenvalue weighted by Crippen LogP contribution is -2.18. The Morgan fingerprint density at radius 3 is 2.25 bits per heavy atom. The van der Waals surface area contributed by atoms with Crippen molar-refractivity contribution in [3.8, 4) is 0 Å². The number of carbonyl (C=O) groups is 2. The zero-order valence-corrected chi connectivity index (χ0v) is 11.6. The van der Waals surface area contributed by atoms with E-state index >= 15 is 0 Å². The highest BCUT2D eigenvalue weighted by molar-refractivity contribution is 7.10. The maximum Gasteiger partial charge on any atom is 0.324 e. The number of nitrogens with zero attached hydrogens (tertiary/aromatic N) is 2. The Balaban J connectivity index is 0.000000444. The number of carbonyl (C=O) groups excluding carboxylic acids is 2. The van der Waals surface area contributed by atoms with E-state index in [2.05, 4.69) is 31.7 Å². The van der Waals surface area contributed by atoms with E-state index in [1.807, 2.05) is 0 Å². The molecule has 10 heteroatoms. The molecule has 2 aromatic rings. The lowest BCUT2D eigenvalue weighted by molar-refractivity contribution is 0.256. The van der Waals surface area contributed by atoms with Gasteiger partial charge in [-0.1, -0.05) is 16.1 Å². The first kappa shape index (κ1) is 15.7. The first-order valence-electron chi connectivity index (χ1n) is 5.13. The molecule has 4 amide bonds. The second-order valence-electron chi connectivity index (χ2n) is 3.27. The minimum atomic E-state index is -0.833. The molecule has 1 aromatic carbocycles. The van der Waals surface area contributed by atoms with Gasteiger partial charge in [-0.05, 0) is 24.3 Å². The number of urea groups is 2. The van der Waals surface area contributed by atoms with Crippen molar-refractivity contribution in [1.29, 1.82) is 0 Å². The molecule has 0 radical (unpaired) electrons. The van der Waals surface area contributed by atoms with E-state index in [1.165, 1.54) is 6.20 Å². The van der Waals surface area contributed by atoms with Crippen LogP contribution in [0.15, 0.2) is 30.5 Å². The molecular formula is C10H11ClN6O2S. The fraction of sp³-hybridized carbons (Fsp3) is 0. The van der Waals surface area contributed by atoms with Crippen LogP contribution in [0, 0.1) is 0 Å². The van der Waals surface area contributed by atoms with Gasteiger partial charge in [-0.3, -0.25) is 5.32 Å². The Hall–Kier alpha value is -2.39. The average Bonchev–Trinajstić information content (AvgIpc) is 2.84. The number of anilines is 2. The normalized spacial score (nSPS) is 9.05. The standard InChI is InChI=1S/C9H7ClN4OS.CH4N2O/c10-6-1-3-7(4-2-6)12-9(15)13-8-5-11-14-16-8;2-1(3)4/h1-5H,(H2,12,13,15);(H4,2,3,4). The van der Waals surface area contributed by atoms with Crippen molar-refractivity contribution in [3.05, 3.63) is 35.5 Å². The Morgan fingerprint density at radius 2 is 1.75 bits per heavy atom. The van der Waals surface area contributed by atoms with E-state index in [9.17, 15) is 4.79 Å². The van der Waals surface area contributed by atoms with E-state index in [0.29, 0.717) is 15.7 Å². The smallest absolute Gasteiger partial charge is 0.324 e. The maximum absolute atomic E-state index is 11.5. The van der Waals surface area contributed by atoms with Crippen molar-refractivity contribution in [3.63, 3.8) is 0 Å². The molecule has 0 bridgehead atoms. The molecule has 0 fully saturated rings. The van der Waals surface area contributed by atoms with Crippen LogP contribution in [0.25, 0.3) is 0 Å². The predicted octanol–water partition coefficient (Wildman–Crippen LogP) is 1.86. The van der Waals surface area contributed by atoms with Gasteiger partial charge in [-0.2, -0.15) is 0 Å². The highest BCUT2D eigenvalue weighted by Crippen LogP contribution is 2.14. The van der Waals surface area contributed by atoms with E-state index in [-0.39, 0.29) is 6.03 Å². The third-order valence-corrected chi connectivity index (χ3v) is 2.53. The van der Waals surface area contributed by atoms with Gasteiger partial charge < -0.3 is 16.8 Å². The van der Waals surface area contributed by atoms with Crippen molar-refractivity contribution in [2.24, 2.45) is 11.5 Å². The monoisotopic (exact) mass is 314 g/mol. The number of aromatic nitrogens is 2. The molecule has 0 spiro atoms. The van der Waals surface area contributed by atoms with Gasteiger partial charge in [0.15, 0.2) is 0 Å². The molecule has 8 nitrogen and oxygen atoms in total. The van der Waals surface area contributed by atoms with Crippen LogP contribution in [0.3, 0.4) is 0 Å². The Bertz CT molecular complexity index is 556. The van der Waals surface area contributed by atoms with Crippen molar-refractivity contribution in [1.82, 2.24) is 9.59 Å². The molecule has 6 N–H and O–H groups in total. The third kappa shape index (κ3) is 6.52. The fourth-order valence-corrected chi connectivity index (χ4v) is 1.57. The number of amides is 4. The molecule has 0 aliphatic heterocycles. The number of halogens is 1. The molecule has 0 atom stereocenters. The van der Waals surface area contributed by atoms with Crippen LogP contribution in [0.5, 0.6) is 0 Å². The lowest BCUT2D eigenvalue weighted by Gasteiger charge is -2.04. The summed E-state index contributed by atoms with van der Waals surface area (Å²) < 4.78 is 3.63. The topological polar surface area (TPSA) is 136 Å². The van der Waals surface area contributed by atoms with Gasteiger partial charge in [0, 0.05) is 22.2 Å². The fourth-order valence-electron chi connectivity index (χ4n) is 1.03. The van der Waals surface area contributed by atoms with E-state index in [1.54, 1.807) is 24.3 Å². The zero-order valence-electron chi connectivity index (χ0n) is 10.0. The number of hydrogen-bond acceptors (Lipinski definition) is 5. The molecule has 2 rings (SSSR count). The summed E-state index contributed by atoms with van der Waals surface area (Å²) in [6.45, 7) is 0. The summed E-state index contributed by atoms with van der Waals surface area (Å²) in [6.07, 6.45) is 1.48. The first-order valence-corrected chi connectivity index (χ1v) is 6.28. The molecule has 0 unspecified atom stereocenters. The maximum atomic E-state index is 11.5.